The molecule has 0 aliphatic carbocycles. The molecule has 0 unspecified atom stereocenters. The summed E-state index contributed by atoms with van der Waals surface area (Å²) >= 11 is 0. The highest BCUT2D eigenvalue weighted by atomic mass is 19.1. The van der Waals surface area contributed by atoms with E-state index in [4.69, 9.17) is 4.98 Å². The molecule has 0 fully saturated rings. The van der Waals surface area contributed by atoms with Crippen molar-refractivity contribution in [3.8, 4) is 33.9 Å². The highest BCUT2D eigenvalue weighted by Crippen LogP contribution is 2.35. The van der Waals surface area contributed by atoms with E-state index in [9.17, 15) is 9.18 Å². The van der Waals surface area contributed by atoms with Crippen molar-refractivity contribution < 1.29 is 13.6 Å². The van der Waals surface area contributed by atoms with Crippen molar-refractivity contribution in [3.63, 3.8) is 0 Å². The standard InChI is InChI=1S/C32H21F2N7O/c33-23-11-5-4-9-21(23)22-10-6-12-24-30(22)39-32(38-24)31-27-25(40-41-31)17-36-29(28(27)34)19-14-20(16-35-15-19)37-26(42)13-18-7-2-1-3-8-18/h1-12,14-17H,13H2,(H,37,42)(H,38,39)(H,40,41). The molecule has 0 bridgehead atoms. The fourth-order valence-electron chi connectivity index (χ4n) is 5.01. The van der Waals surface area contributed by atoms with E-state index in [2.05, 4.69) is 30.5 Å². The predicted molar refractivity (Wildman–Crippen MR) is 156 cm³/mol. The molecule has 0 saturated carbocycles. The van der Waals surface area contributed by atoms with Crippen LogP contribution in [0.5, 0.6) is 0 Å². The fraction of sp³-hybridized carbons (Fsp3) is 0.0312. The van der Waals surface area contributed by atoms with E-state index >= 15 is 4.39 Å². The number of amides is 1. The van der Waals surface area contributed by atoms with Gasteiger partial charge in [0.25, 0.3) is 0 Å². The maximum atomic E-state index is 16.1. The minimum atomic E-state index is -0.624. The number of halogens is 2. The van der Waals surface area contributed by atoms with Gasteiger partial charge in [-0.1, -0.05) is 60.7 Å². The summed E-state index contributed by atoms with van der Waals surface area (Å²) in [7, 11) is 0. The second-order valence-electron chi connectivity index (χ2n) is 9.72. The summed E-state index contributed by atoms with van der Waals surface area (Å²) < 4.78 is 30.7. The number of carbonyl (C=O) groups is 1. The van der Waals surface area contributed by atoms with Gasteiger partial charge in [-0.05, 0) is 23.8 Å². The molecule has 0 radical (unpaired) electrons. The topological polar surface area (TPSA) is 112 Å². The maximum Gasteiger partial charge on any atom is 0.228 e. The number of hydrogen-bond acceptors (Lipinski definition) is 5. The van der Waals surface area contributed by atoms with E-state index in [-0.39, 0.29) is 34.9 Å². The summed E-state index contributed by atoms with van der Waals surface area (Å²) in [6.45, 7) is 0. The highest BCUT2D eigenvalue weighted by molar-refractivity contribution is 5.98. The number of anilines is 1. The Hall–Kier alpha value is -5.77. The number of carbonyl (C=O) groups excluding carboxylic acids is 1. The van der Waals surface area contributed by atoms with Gasteiger partial charge in [0, 0.05) is 22.9 Å². The Morgan fingerprint density at radius 2 is 1.64 bits per heavy atom. The Balaban J connectivity index is 1.25. The van der Waals surface area contributed by atoms with Gasteiger partial charge in [0.1, 0.15) is 17.2 Å². The molecule has 3 aromatic carbocycles. The third-order valence-corrected chi connectivity index (χ3v) is 6.95. The van der Waals surface area contributed by atoms with E-state index in [1.165, 1.54) is 24.7 Å². The van der Waals surface area contributed by atoms with Gasteiger partial charge in [-0.3, -0.25) is 19.9 Å². The van der Waals surface area contributed by atoms with Gasteiger partial charge >= 0.3 is 0 Å². The molecule has 7 aromatic rings. The zero-order valence-corrected chi connectivity index (χ0v) is 21.9. The average molecular weight is 558 g/mol. The molecule has 0 aliphatic heterocycles. The summed E-state index contributed by atoms with van der Waals surface area (Å²) in [4.78, 5) is 29.0. The van der Waals surface area contributed by atoms with Crippen molar-refractivity contribution >= 4 is 33.5 Å². The Labute approximate surface area is 237 Å². The van der Waals surface area contributed by atoms with Crippen LogP contribution in [0, 0.1) is 11.6 Å². The summed E-state index contributed by atoms with van der Waals surface area (Å²) in [5, 5.41) is 10.1. The number of imidazole rings is 1. The summed E-state index contributed by atoms with van der Waals surface area (Å²) in [6, 6.07) is 22.9. The monoisotopic (exact) mass is 557 g/mol. The first-order valence-corrected chi connectivity index (χ1v) is 13.1. The van der Waals surface area contributed by atoms with Crippen LogP contribution in [0.15, 0.2) is 97.5 Å². The molecule has 4 heterocycles. The third-order valence-electron chi connectivity index (χ3n) is 6.95. The van der Waals surface area contributed by atoms with Crippen molar-refractivity contribution in [2.75, 3.05) is 5.32 Å². The Morgan fingerprint density at radius 1 is 0.833 bits per heavy atom. The molecule has 3 N–H and O–H groups in total. The first-order chi connectivity index (χ1) is 20.5. The lowest BCUT2D eigenvalue weighted by Gasteiger charge is -2.08. The van der Waals surface area contributed by atoms with Crippen LogP contribution in [-0.2, 0) is 11.2 Å². The number of hydrogen-bond donors (Lipinski definition) is 3. The maximum absolute atomic E-state index is 16.1. The molecular weight excluding hydrogens is 536 g/mol. The summed E-state index contributed by atoms with van der Waals surface area (Å²) in [5.74, 6) is -0.897. The quantitative estimate of drug-likeness (QED) is 0.211. The first-order valence-electron chi connectivity index (χ1n) is 13.1. The molecule has 4 aromatic heterocycles. The Morgan fingerprint density at radius 3 is 2.50 bits per heavy atom. The molecular formula is C32H21F2N7O. The van der Waals surface area contributed by atoms with Crippen LogP contribution in [0.3, 0.4) is 0 Å². The normalized spacial score (nSPS) is 11.3. The molecule has 8 nitrogen and oxygen atoms in total. The van der Waals surface area contributed by atoms with Crippen LogP contribution in [0.1, 0.15) is 5.56 Å². The number of rotatable bonds is 6. The van der Waals surface area contributed by atoms with Crippen molar-refractivity contribution in [1.82, 2.24) is 30.1 Å². The highest BCUT2D eigenvalue weighted by Gasteiger charge is 2.22. The molecule has 42 heavy (non-hydrogen) atoms. The number of benzene rings is 3. The van der Waals surface area contributed by atoms with Crippen LogP contribution in [0.25, 0.3) is 55.8 Å². The Bertz CT molecular complexity index is 2100. The number of aromatic nitrogens is 6. The van der Waals surface area contributed by atoms with Gasteiger partial charge in [0.05, 0.1) is 46.4 Å². The fourth-order valence-corrected chi connectivity index (χ4v) is 5.01. The van der Waals surface area contributed by atoms with Gasteiger partial charge in [0.2, 0.25) is 5.91 Å². The minimum absolute atomic E-state index is 0.0416. The molecule has 0 aliphatic rings. The number of para-hydroxylation sites is 1. The van der Waals surface area contributed by atoms with Crippen LogP contribution >= 0.6 is 0 Å². The molecule has 10 heteroatoms. The van der Waals surface area contributed by atoms with Crippen molar-refractivity contribution in [2.45, 2.75) is 6.42 Å². The number of H-pyrrole nitrogens is 2. The van der Waals surface area contributed by atoms with Crippen LogP contribution in [0.4, 0.5) is 14.5 Å². The van der Waals surface area contributed by atoms with Gasteiger partial charge in [-0.25, -0.2) is 13.8 Å². The van der Waals surface area contributed by atoms with E-state index in [1.807, 2.05) is 36.4 Å². The average Bonchev–Trinajstić information content (AvgIpc) is 3.63. The van der Waals surface area contributed by atoms with E-state index < -0.39 is 5.82 Å². The number of nitrogens with one attached hydrogen (secondary N) is 3. The van der Waals surface area contributed by atoms with E-state index in [1.54, 1.807) is 36.4 Å². The zero-order chi connectivity index (χ0) is 28.6. The van der Waals surface area contributed by atoms with E-state index in [0.29, 0.717) is 44.8 Å². The summed E-state index contributed by atoms with van der Waals surface area (Å²) in [6.07, 6.45) is 4.65. The number of fused-ring (bicyclic) bond motifs is 2. The number of nitrogens with zero attached hydrogens (tertiary/aromatic N) is 4. The van der Waals surface area contributed by atoms with Gasteiger partial charge < -0.3 is 10.3 Å². The molecule has 204 valence electrons. The largest absolute Gasteiger partial charge is 0.337 e. The van der Waals surface area contributed by atoms with Crippen molar-refractivity contribution in [1.29, 1.82) is 0 Å². The lowest BCUT2D eigenvalue weighted by molar-refractivity contribution is -0.115. The first kappa shape index (κ1) is 25.2. The SMILES string of the molecule is O=C(Cc1ccccc1)Nc1cncc(-c2ncc3[nH]nc(-c4nc5c(-c6ccccc6F)cccc5[nH]4)c3c2F)c1. The van der Waals surface area contributed by atoms with Gasteiger partial charge in [0.15, 0.2) is 11.6 Å². The summed E-state index contributed by atoms with van der Waals surface area (Å²) in [5.41, 5.74) is 4.54. The van der Waals surface area contributed by atoms with Crippen LogP contribution < -0.4 is 5.32 Å². The molecule has 0 spiro atoms. The van der Waals surface area contributed by atoms with Crippen molar-refractivity contribution in [3.05, 3.63) is 115 Å². The number of pyridine rings is 2. The second kappa shape index (κ2) is 10.3. The minimum Gasteiger partial charge on any atom is -0.337 e. The second-order valence-corrected chi connectivity index (χ2v) is 9.72. The van der Waals surface area contributed by atoms with Gasteiger partial charge in [-0.15, -0.1) is 0 Å². The molecule has 0 atom stereocenters. The zero-order valence-electron chi connectivity index (χ0n) is 21.9. The predicted octanol–water partition coefficient (Wildman–Crippen LogP) is 6.69. The van der Waals surface area contributed by atoms with E-state index in [0.717, 1.165) is 5.56 Å². The van der Waals surface area contributed by atoms with Crippen LogP contribution in [-0.4, -0.2) is 36.0 Å². The molecule has 0 saturated heterocycles. The lowest BCUT2D eigenvalue weighted by Crippen LogP contribution is -2.14. The molecule has 7 rings (SSSR count). The van der Waals surface area contributed by atoms with Crippen molar-refractivity contribution in [2.24, 2.45) is 0 Å². The van der Waals surface area contributed by atoms with Gasteiger partial charge in [-0.2, -0.15) is 5.10 Å². The van der Waals surface area contributed by atoms with Crippen LogP contribution in [0.2, 0.25) is 0 Å². The molecule has 1 amide bonds. The third kappa shape index (κ3) is 4.54. The Kier molecular flexibility index (Phi) is 6.20. The smallest absolute Gasteiger partial charge is 0.228 e. The number of aromatic amines is 2. The lowest BCUT2D eigenvalue weighted by atomic mass is 10.0.